The normalized spacial score (nSPS) is 17.0. The van der Waals surface area contributed by atoms with Crippen LogP contribution < -0.4 is 0 Å². The van der Waals surface area contributed by atoms with E-state index < -0.39 is 0 Å². The molecule has 1 aliphatic rings. The number of nitrogens with zero attached hydrogens (tertiary/aromatic N) is 6. The summed E-state index contributed by atoms with van der Waals surface area (Å²) in [6.45, 7) is 6.29. The summed E-state index contributed by atoms with van der Waals surface area (Å²) in [6.07, 6.45) is 4.53. The van der Waals surface area contributed by atoms with Gasteiger partial charge in [-0.2, -0.15) is 4.98 Å². The maximum Gasteiger partial charge on any atom is 0.240 e. The number of aromatic nitrogens is 4. The van der Waals surface area contributed by atoms with E-state index in [0.29, 0.717) is 18.9 Å². The fourth-order valence-electron chi connectivity index (χ4n) is 2.69. The van der Waals surface area contributed by atoms with Crippen molar-refractivity contribution < 1.29 is 9.26 Å². The standard InChI is InChI=1S/C15H24N6O2/c1-19-5-4-16-14(19)11-20-6-8-21(9-7-20)12-15-17-13(18-23-15)3-10-22-2/h4-5H,3,6-12H2,1-2H3. The number of hydrogen-bond donors (Lipinski definition) is 0. The third-order valence-electron chi connectivity index (χ3n) is 4.15. The van der Waals surface area contributed by atoms with Crippen molar-refractivity contribution in [2.24, 2.45) is 7.05 Å². The minimum atomic E-state index is 0.616. The van der Waals surface area contributed by atoms with Gasteiger partial charge in [-0.05, 0) is 0 Å². The number of hydrogen-bond acceptors (Lipinski definition) is 7. The molecule has 126 valence electrons. The fraction of sp³-hybridized carbons (Fsp3) is 0.667. The van der Waals surface area contributed by atoms with Gasteiger partial charge in [0.05, 0.1) is 19.7 Å². The molecule has 0 saturated carbocycles. The first-order chi connectivity index (χ1) is 11.2. The van der Waals surface area contributed by atoms with Crippen LogP contribution in [-0.2, 0) is 31.3 Å². The molecule has 8 heteroatoms. The van der Waals surface area contributed by atoms with Crippen molar-refractivity contribution in [1.29, 1.82) is 0 Å². The molecule has 1 aliphatic heterocycles. The smallest absolute Gasteiger partial charge is 0.240 e. The average Bonchev–Trinajstić information content (AvgIpc) is 3.17. The lowest BCUT2D eigenvalue weighted by Gasteiger charge is -2.33. The third-order valence-corrected chi connectivity index (χ3v) is 4.15. The molecule has 23 heavy (non-hydrogen) atoms. The minimum Gasteiger partial charge on any atom is -0.384 e. The van der Waals surface area contributed by atoms with Gasteiger partial charge in [0.15, 0.2) is 5.82 Å². The van der Waals surface area contributed by atoms with Crippen LogP contribution in [-0.4, -0.2) is 69.4 Å². The van der Waals surface area contributed by atoms with E-state index in [4.69, 9.17) is 9.26 Å². The molecule has 0 aromatic carbocycles. The topological polar surface area (TPSA) is 72.5 Å². The van der Waals surface area contributed by atoms with E-state index in [9.17, 15) is 0 Å². The third kappa shape index (κ3) is 4.37. The van der Waals surface area contributed by atoms with Crippen molar-refractivity contribution in [3.8, 4) is 0 Å². The number of imidazole rings is 1. The van der Waals surface area contributed by atoms with Crippen molar-refractivity contribution in [2.45, 2.75) is 19.5 Å². The molecule has 0 unspecified atom stereocenters. The van der Waals surface area contributed by atoms with E-state index in [1.807, 2.05) is 19.4 Å². The van der Waals surface area contributed by atoms with Crippen molar-refractivity contribution in [2.75, 3.05) is 39.9 Å². The Morgan fingerprint density at radius 1 is 1.17 bits per heavy atom. The molecule has 0 bridgehead atoms. The summed E-state index contributed by atoms with van der Waals surface area (Å²) in [4.78, 5) is 13.6. The molecule has 0 aliphatic carbocycles. The van der Waals surface area contributed by atoms with E-state index in [1.54, 1.807) is 7.11 Å². The second-order valence-electron chi connectivity index (χ2n) is 5.85. The van der Waals surface area contributed by atoms with E-state index in [1.165, 1.54) is 0 Å². The van der Waals surface area contributed by atoms with Crippen LogP contribution in [0.15, 0.2) is 16.9 Å². The van der Waals surface area contributed by atoms with Gasteiger partial charge in [0.1, 0.15) is 5.82 Å². The van der Waals surface area contributed by atoms with Crippen LogP contribution in [0.2, 0.25) is 0 Å². The van der Waals surface area contributed by atoms with Gasteiger partial charge in [-0.3, -0.25) is 9.80 Å². The Morgan fingerprint density at radius 2 is 1.91 bits per heavy atom. The van der Waals surface area contributed by atoms with Crippen LogP contribution in [0.4, 0.5) is 0 Å². The van der Waals surface area contributed by atoms with Crippen molar-refractivity contribution in [3.05, 3.63) is 29.9 Å². The first-order valence-electron chi connectivity index (χ1n) is 7.96. The molecule has 1 fully saturated rings. The summed E-state index contributed by atoms with van der Waals surface area (Å²) >= 11 is 0. The average molecular weight is 320 g/mol. The highest BCUT2D eigenvalue weighted by atomic mass is 16.5. The van der Waals surface area contributed by atoms with Crippen molar-refractivity contribution in [3.63, 3.8) is 0 Å². The SMILES string of the molecule is COCCc1noc(CN2CCN(Cc3nccn3C)CC2)n1. The second-order valence-corrected chi connectivity index (χ2v) is 5.85. The second kappa shape index (κ2) is 7.67. The Labute approximate surface area is 136 Å². The largest absolute Gasteiger partial charge is 0.384 e. The highest BCUT2D eigenvalue weighted by Gasteiger charge is 2.20. The maximum atomic E-state index is 5.31. The van der Waals surface area contributed by atoms with Crippen LogP contribution >= 0.6 is 0 Å². The molecule has 2 aromatic rings. The molecule has 0 spiro atoms. The summed E-state index contributed by atoms with van der Waals surface area (Å²) in [6, 6.07) is 0. The molecule has 0 N–H and O–H groups in total. The minimum absolute atomic E-state index is 0.616. The molecule has 3 rings (SSSR count). The maximum absolute atomic E-state index is 5.31. The van der Waals surface area contributed by atoms with Crippen molar-refractivity contribution in [1.82, 2.24) is 29.5 Å². The summed E-state index contributed by atoms with van der Waals surface area (Å²) in [5, 5.41) is 3.98. The molecular weight excluding hydrogens is 296 g/mol. The molecule has 0 radical (unpaired) electrons. The van der Waals surface area contributed by atoms with Gasteiger partial charge in [0.25, 0.3) is 0 Å². The highest BCUT2D eigenvalue weighted by Crippen LogP contribution is 2.10. The predicted molar refractivity (Wildman–Crippen MR) is 83.6 cm³/mol. The van der Waals surface area contributed by atoms with Gasteiger partial charge in [0.2, 0.25) is 5.89 Å². The zero-order chi connectivity index (χ0) is 16.1. The van der Waals surface area contributed by atoms with Crippen LogP contribution in [0.3, 0.4) is 0 Å². The number of aryl methyl sites for hydroxylation is 1. The van der Waals surface area contributed by atoms with E-state index >= 15 is 0 Å². The predicted octanol–water partition coefficient (Wildman–Crippen LogP) is 0.310. The van der Waals surface area contributed by atoms with Gasteiger partial charge in [-0.1, -0.05) is 5.16 Å². The molecule has 2 aromatic heterocycles. The van der Waals surface area contributed by atoms with Gasteiger partial charge in [-0.25, -0.2) is 4.98 Å². The van der Waals surface area contributed by atoms with E-state index in [-0.39, 0.29) is 0 Å². The Bertz CT molecular complexity index is 603. The Morgan fingerprint density at radius 3 is 2.57 bits per heavy atom. The summed E-state index contributed by atoms with van der Waals surface area (Å²) in [5.41, 5.74) is 0. The molecule has 3 heterocycles. The number of piperazine rings is 1. The number of methoxy groups -OCH3 is 1. The quantitative estimate of drug-likeness (QED) is 0.727. The number of rotatable bonds is 7. The van der Waals surface area contributed by atoms with Crippen LogP contribution in [0.1, 0.15) is 17.5 Å². The van der Waals surface area contributed by atoms with Gasteiger partial charge in [0, 0.05) is 59.2 Å². The molecule has 0 atom stereocenters. The zero-order valence-electron chi connectivity index (χ0n) is 13.8. The number of ether oxygens (including phenoxy) is 1. The summed E-state index contributed by atoms with van der Waals surface area (Å²) in [5.74, 6) is 2.52. The zero-order valence-corrected chi connectivity index (χ0v) is 13.8. The highest BCUT2D eigenvalue weighted by molar-refractivity contribution is 4.92. The van der Waals surface area contributed by atoms with Gasteiger partial charge in [-0.15, -0.1) is 0 Å². The van der Waals surface area contributed by atoms with E-state index in [0.717, 1.165) is 50.9 Å². The molecular formula is C15H24N6O2. The van der Waals surface area contributed by atoms with Gasteiger partial charge >= 0.3 is 0 Å². The van der Waals surface area contributed by atoms with Crippen molar-refractivity contribution >= 4 is 0 Å². The lowest BCUT2D eigenvalue weighted by Crippen LogP contribution is -2.45. The van der Waals surface area contributed by atoms with Gasteiger partial charge < -0.3 is 13.8 Å². The Balaban J connectivity index is 1.44. The summed E-state index contributed by atoms with van der Waals surface area (Å²) in [7, 11) is 3.71. The Kier molecular flexibility index (Phi) is 5.37. The summed E-state index contributed by atoms with van der Waals surface area (Å²) < 4.78 is 12.4. The van der Waals surface area contributed by atoms with E-state index in [2.05, 4.69) is 29.5 Å². The van der Waals surface area contributed by atoms with Crippen LogP contribution in [0.25, 0.3) is 0 Å². The lowest BCUT2D eigenvalue weighted by molar-refractivity contribution is 0.109. The monoisotopic (exact) mass is 320 g/mol. The lowest BCUT2D eigenvalue weighted by atomic mass is 10.3. The molecule has 1 saturated heterocycles. The first-order valence-corrected chi connectivity index (χ1v) is 7.96. The van der Waals surface area contributed by atoms with Crippen LogP contribution in [0, 0.1) is 0 Å². The fourth-order valence-corrected chi connectivity index (χ4v) is 2.69. The Hall–Kier alpha value is -1.77. The molecule has 8 nitrogen and oxygen atoms in total. The van der Waals surface area contributed by atoms with Crippen LogP contribution in [0.5, 0.6) is 0 Å². The molecule has 0 amide bonds. The first kappa shape index (κ1) is 16.1.